The lowest BCUT2D eigenvalue weighted by molar-refractivity contribution is -0.274. The number of hydrogen-bond acceptors (Lipinski definition) is 5. The van der Waals surface area contributed by atoms with E-state index in [1.807, 2.05) is 30.3 Å². The molecule has 3 aromatic carbocycles. The van der Waals surface area contributed by atoms with Crippen molar-refractivity contribution in [2.24, 2.45) is 4.99 Å². The monoisotopic (exact) mass is 606 g/mol. The normalized spacial score (nSPS) is 14.7. The molecule has 8 nitrogen and oxygen atoms in total. The summed E-state index contributed by atoms with van der Waals surface area (Å²) in [6.45, 7) is 7.23. The maximum Gasteiger partial charge on any atom is 0.573 e. The van der Waals surface area contributed by atoms with E-state index in [1.54, 1.807) is 24.0 Å². The van der Waals surface area contributed by atoms with E-state index in [1.165, 1.54) is 46.4 Å². The molecule has 1 aliphatic rings. The molecule has 0 spiro atoms. The number of amidine groups is 1. The summed E-state index contributed by atoms with van der Waals surface area (Å²) < 4.78 is 42.5. The largest absolute Gasteiger partial charge is 0.573 e. The summed E-state index contributed by atoms with van der Waals surface area (Å²) in [6, 6.07) is 18.5. The molecule has 0 unspecified atom stereocenters. The van der Waals surface area contributed by atoms with Gasteiger partial charge in [0.2, 0.25) is 0 Å². The highest BCUT2D eigenvalue weighted by Crippen LogP contribution is 2.34. The van der Waals surface area contributed by atoms with Gasteiger partial charge in [-0.1, -0.05) is 62.0 Å². The van der Waals surface area contributed by atoms with Crippen molar-refractivity contribution in [2.45, 2.75) is 33.1 Å². The highest BCUT2D eigenvalue weighted by atomic mass is 32.2. The van der Waals surface area contributed by atoms with Crippen molar-refractivity contribution in [3.05, 3.63) is 95.9 Å². The van der Waals surface area contributed by atoms with E-state index in [0.29, 0.717) is 22.6 Å². The standard InChI is InChI=1S/C31H29F3N6O2S/c1-20(2)27-21(3)5-4-6-26(27)39-17-18-43-30(39)37-29(41)35-16-15-22-7-9-23(10-8-22)28-36-19-40(38-28)24-11-13-25(14-12-24)42-31(32,33)34/h4-16,19-20H,17-18H2,1-3H3,(H,35,41)/b16-15+,37-30?. The number of rotatable bonds is 7. The van der Waals surface area contributed by atoms with Crippen molar-refractivity contribution in [1.29, 1.82) is 0 Å². The second-order valence-electron chi connectivity index (χ2n) is 10.0. The molecule has 0 bridgehead atoms. The van der Waals surface area contributed by atoms with E-state index in [9.17, 15) is 18.0 Å². The predicted octanol–water partition coefficient (Wildman–Crippen LogP) is 7.55. The molecule has 0 saturated carbocycles. The third kappa shape index (κ3) is 7.44. The first kappa shape index (κ1) is 29.9. The molecule has 5 rings (SSSR count). The number of benzene rings is 3. The van der Waals surface area contributed by atoms with E-state index >= 15 is 0 Å². The second kappa shape index (κ2) is 12.7. The van der Waals surface area contributed by atoms with Crippen LogP contribution in [-0.2, 0) is 0 Å². The van der Waals surface area contributed by atoms with Crippen LogP contribution in [0, 0.1) is 6.92 Å². The van der Waals surface area contributed by atoms with Crippen LogP contribution < -0.4 is 15.0 Å². The number of amides is 2. The summed E-state index contributed by atoms with van der Waals surface area (Å²) in [5, 5.41) is 7.81. The fourth-order valence-corrected chi connectivity index (χ4v) is 5.71. The Morgan fingerprint density at radius 1 is 1.09 bits per heavy atom. The molecule has 12 heteroatoms. The van der Waals surface area contributed by atoms with Crippen LogP contribution in [0.25, 0.3) is 23.2 Å². The minimum absolute atomic E-state index is 0.314. The van der Waals surface area contributed by atoms with Gasteiger partial charge < -0.3 is 15.0 Å². The van der Waals surface area contributed by atoms with Gasteiger partial charge in [0.1, 0.15) is 12.1 Å². The summed E-state index contributed by atoms with van der Waals surface area (Å²) in [7, 11) is 0. The Morgan fingerprint density at radius 3 is 2.53 bits per heavy atom. The molecule has 2 amide bonds. The third-order valence-electron chi connectivity index (χ3n) is 6.62. The number of carbonyl (C=O) groups is 1. The molecular weight excluding hydrogens is 577 g/mol. The molecule has 0 atom stereocenters. The molecule has 0 radical (unpaired) electrons. The first-order chi connectivity index (χ1) is 20.6. The number of urea groups is 1. The van der Waals surface area contributed by atoms with Crippen molar-refractivity contribution < 1.29 is 22.7 Å². The number of thioether (sulfide) groups is 1. The summed E-state index contributed by atoms with van der Waals surface area (Å²) in [5.74, 6) is 1.34. The van der Waals surface area contributed by atoms with Gasteiger partial charge in [0.05, 0.1) is 5.69 Å². The third-order valence-corrected chi connectivity index (χ3v) is 7.58. The topological polar surface area (TPSA) is 84.6 Å². The van der Waals surface area contributed by atoms with Gasteiger partial charge in [-0.05, 0) is 65.9 Å². The fraction of sp³-hybridized carbons (Fsp3) is 0.226. The Balaban J connectivity index is 1.20. The average Bonchev–Trinajstić information content (AvgIpc) is 3.63. The molecule has 1 fully saturated rings. The molecule has 1 N–H and O–H groups in total. The molecule has 4 aromatic rings. The first-order valence-electron chi connectivity index (χ1n) is 13.5. The van der Waals surface area contributed by atoms with E-state index in [-0.39, 0.29) is 5.75 Å². The molecule has 1 aromatic heterocycles. The van der Waals surface area contributed by atoms with Crippen molar-refractivity contribution in [3.8, 4) is 22.8 Å². The van der Waals surface area contributed by atoms with Crippen molar-refractivity contribution in [3.63, 3.8) is 0 Å². The number of nitrogens with one attached hydrogen (secondary N) is 1. The van der Waals surface area contributed by atoms with Gasteiger partial charge in [0.15, 0.2) is 11.0 Å². The molecule has 1 aliphatic heterocycles. The van der Waals surface area contributed by atoms with E-state index in [2.05, 4.69) is 62.9 Å². The van der Waals surface area contributed by atoms with Gasteiger partial charge in [-0.2, -0.15) is 4.99 Å². The van der Waals surface area contributed by atoms with E-state index in [0.717, 1.165) is 29.1 Å². The lowest BCUT2D eigenvalue weighted by Gasteiger charge is -2.24. The number of aliphatic imine (C=N–C) groups is 1. The van der Waals surface area contributed by atoms with Crippen LogP contribution in [0.4, 0.5) is 23.7 Å². The maximum atomic E-state index is 12.6. The number of nitrogens with zero attached hydrogens (tertiary/aromatic N) is 5. The molecule has 43 heavy (non-hydrogen) atoms. The summed E-state index contributed by atoms with van der Waals surface area (Å²) in [6.07, 6.45) is 0.0396. The SMILES string of the molecule is Cc1cccc(N2CCSC2=NC(=O)N/C=C/c2ccc(-c3ncn(-c4ccc(OC(F)(F)F)cc4)n3)cc2)c1C(C)C. The van der Waals surface area contributed by atoms with Gasteiger partial charge in [-0.15, -0.1) is 18.3 Å². The molecule has 0 aliphatic carbocycles. The number of anilines is 1. The fourth-order valence-electron chi connectivity index (χ4n) is 4.76. The number of aryl methyl sites for hydroxylation is 1. The summed E-state index contributed by atoms with van der Waals surface area (Å²) >= 11 is 1.56. The number of aromatic nitrogens is 3. The quantitative estimate of drug-likeness (QED) is 0.234. The van der Waals surface area contributed by atoms with Gasteiger partial charge in [0.25, 0.3) is 0 Å². The van der Waals surface area contributed by atoms with Crippen LogP contribution in [0.15, 0.2) is 84.2 Å². The number of halogens is 3. The molecular formula is C31H29F3N6O2S. The minimum atomic E-state index is -4.75. The van der Waals surface area contributed by atoms with Crippen LogP contribution >= 0.6 is 11.8 Å². The average molecular weight is 607 g/mol. The van der Waals surface area contributed by atoms with Crippen molar-refractivity contribution in [1.82, 2.24) is 20.1 Å². The number of alkyl halides is 3. The lowest BCUT2D eigenvalue weighted by Crippen LogP contribution is -2.27. The van der Waals surface area contributed by atoms with Crippen LogP contribution in [0.3, 0.4) is 0 Å². The maximum absolute atomic E-state index is 12.6. The zero-order valence-corrected chi connectivity index (χ0v) is 24.5. The highest BCUT2D eigenvalue weighted by molar-refractivity contribution is 8.14. The Kier molecular flexibility index (Phi) is 8.86. The van der Waals surface area contributed by atoms with Crippen molar-refractivity contribution in [2.75, 3.05) is 17.2 Å². The molecule has 1 saturated heterocycles. The zero-order chi connectivity index (χ0) is 30.6. The predicted molar refractivity (Wildman–Crippen MR) is 164 cm³/mol. The number of ether oxygens (including phenoxy) is 1. The molecule has 2 heterocycles. The van der Waals surface area contributed by atoms with Crippen molar-refractivity contribution >= 4 is 34.7 Å². The first-order valence-corrected chi connectivity index (χ1v) is 14.5. The zero-order valence-electron chi connectivity index (χ0n) is 23.7. The van der Waals surface area contributed by atoms with Gasteiger partial charge >= 0.3 is 12.4 Å². The van der Waals surface area contributed by atoms with Gasteiger partial charge in [0, 0.05) is 29.7 Å². The molecule has 222 valence electrons. The number of hydrogen-bond donors (Lipinski definition) is 1. The van der Waals surface area contributed by atoms with Gasteiger partial charge in [-0.25, -0.2) is 14.5 Å². The Labute approximate surface area is 251 Å². The van der Waals surface area contributed by atoms with E-state index in [4.69, 9.17) is 0 Å². The smallest absolute Gasteiger partial charge is 0.406 e. The van der Waals surface area contributed by atoms with Crippen LogP contribution in [0.2, 0.25) is 0 Å². The Bertz CT molecular complexity index is 1650. The second-order valence-corrected chi connectivity index (χ2v) is 11.1. The number of carbonyl (C=O) groups excluding carboxylic acids is 1. The summed E-state index contributed by atoms with van der Waals surface area (Å²) in [4.78, 5) is 23.4. The Hall–Kier alpha value is -4.58. The summed E-state index contributed by atoms with van der Waals surface area (Å²) in [5.41, 5.74) is 5.70. The highest BCUT2D eigenvalue weighted by Gasteiger charge is 2.31. The van der Waals surface area contributed by atoms with Crippen LogP contribution in [-0.4, -0.2) is 44.6 Å². The van der Waals surface area contributed by atoms with Crippen LogP contribution in [0.5, 0.6) is 5.75 Å². The Morgan fingerprint density at radius 2 is 1.84 bits per heavy atom. The van der Waals surface area contributed by atoms with Gasteiger partial charge in [-0.3, -0.25) is 0 Å². The van der Waals surface area contributed by atoms with Crippen LogP contribution in [0.1, 0.15) is 36.5 Å². The lowest BCUT2D eigenvalue weighted by atomic mass is 9.95. The minimum Gasteiger partial charge on any atom is -0.406 e. The van der Waals surface area contributed by atoms with E-state index < -0.39 is 12.4 Å².